The van der Waals surface area contributed by atoms with Gasteiger partial charge in [0, 0.05) is 6.54 Å². The molecule has 2 aliphatic rings. The van der Waals surface area contributed by atoms with E-state index < -0.39 is 0 Å². The van der Waals surface area contributed by atoms with Crippen LogP contribution in [0.2, 0.25) is 0 Å². The van der Waals surface area contributed by atoms with Crippen LogP contribution in [0.3, 0.4) is 0 Å². The van der Waals surface area contributed by atoms with E-state index in [1.165, 1.54) is 5.70 Å². The number of nitrogens with one attached hydrogen (secondary N) is 2. The molecule has 1 atom stereocenters. The van der Waals surface area contributed by atoms with E-state index in [0.29, 0.717) is 0 Å². The van der Waals surface area contributed by atoms with Gasteiger partial charge in [-0.25, -0.2) is 0 Å². The quantitative estimate of drug-likeness (QED) is 0.491. The van der Waals surface area contributed by atoms with Gasteiger partial charge in [0.1, 0.15) is 6.10 Å². The first kappa shape index (κ1) is 5.80. The van der Waals surface area contributed by atoms with E-state index in [-0.39, 0.29) is 6.10 Å². The Morgan fingerprint density at radius 1 is 1.60 bits per heavy atom. The van der Waals surface area contributed by atoms with Crippen molar-refractivity contribution in [2.24, 2.45) is 0 Å². The fraction of sp³-hybridized carbons (Fsp3) is 0.429. The van der Waals surface area contributed by atoms with Crippen LogP contribution in [0.5, 0.6) is 0 Å². The van der Waals surface area contributed by atoms with E-state index in [1.54, 1.807) is 6.26 Å². The van der Waals surface area contributed by atoms with Gasteiger partial charge in [-0.1, -0.05) is 0 Å². The van der Waals surface area contributed by atoms with Gasteiger partial charge in [-0.3, -0.25) is 5.32 Å². The molecule has 0 spiro atoms. The third kappa shape index (κ3) is 0.885. The molecule has 2 N–H and O–H groups in total. The Morgan fingerprint density at radius 2 is 2.60 bits per heavy atom. The summed E-state index contributed by atoms with van der Waals surface area (Å²) >= 11 is 0. The molecule has 1 saturated heterocycles. The zero-order valence-electron chi connectivity index (χ0n) is 5.63. The maximum atomic E-state index is 5.31. The average molecular weight is 138 g/mol. The third-order valence-electron chi connectivity index (χ3n) is 1.69. The van der Waals surface area contributed by atoms with Crippen LogP contribution in [0.25, 0.3) is 0 Å². The Kier molecular flexibility index (Phi) is 1.36. The number of ether oxygens (including phenoxy) is 1. The van der Waals surface area contributed by atoms with Crippen molar-refractivity contribution >= 4 is 0 Å². The van der Waals surface area contributed by atoms with Crippen molar-refractivity contribution in [3.63, 3.8) is 0 Å². The molecule has 2 heterocycles. The van der Waals surface area contributed by atoms with Crippen LogP contribution < -0.4 is 10.6 Å². The van der Waals surface area contributed by atoms with Gasteiger partial charge in [0.2, 0.25) is 0 Å². The number of hydrogen-bond donors (Lipinski definition) is 2. The second-order valence-electron chi connectivity index (χ2n) is 2.38. The highest BCUT2D eigenvalue weighted by atomic mass is 16.5. The molecular formula is C7H10N2O. The summed E-state index contributed by atoms with van der Waals surface area (Å²) in [5, 5.41) is 6.37. The smallest absolute Gasteiger partial charge is 0.150 e. The van der Waals surface area contributed by atoms with Crippen molar-refractivity contribution < 1.29 is 4.74 Å². The number of fused-ring (bicyclic) bond motifs is 1. The highest BCUT2D eigenvalue weighted by Crippen LogP contribution is 2.10. The van der Waals surface area contributed by atoms with Crippen molar-refractivity contribution in [3.8, 4) is 0 Å². The van der Waals surface area contributed by atoms with Crippen LogP contribution in [0.15, 0.2) is 24.1 Å². The molecule has 1 fully saturated rings. The fourth-order valence-electron chi connectivity index (χ4n) is 1.16. The van der Waals surface area contributed by atoms with E-state index in [1.807, 2.05) is 6.08 Å². The maximum absolute atomic E-state index is 5.31. The topological polar surface area (TPSA) is 33.3 Å². The van der Waals surface area contributed by atoms with E-state index >= 15 is 0 Å². The van der Waals surface area contributed by atoms with Crippen LogP contribution in [-0.2, 0) is 4.74 Å². The lowest BCUT2D eigenvalue weighted by Crippen LogP contribution is -2.46. The molecule has 0 saturated carbocycles. The second kappa shape index (κ2) is 2.34. The summed E-state index contributed by atoms with van der Waals surface area (Å²) in [6.07, 6.45) is 5.89. The molecule has 0 bridgehead atoms. The number of hydrogen-bond acceptors (Lipinski definition) is 3. The predicted octanol–water partition coefficient (Wildman–Crippen LogP) is -0.0669. The monoisotopic (exact) mass is 138 g/mol. The molecule has 0 radical (unpaired) electrons. The van der Waals surface area contributed by atoms with Gasteiger partial charge in [0.25, 0.3) is 0 Å². The largest absolute Gasteiger partial charge is 0.490 e. The van der Waals surface area contributed by atoms with Crippen molar-refractivity contribution in [2.75, 3.05) is 13.2 Å². The van der Waals surface area contributed by atoms with Crippen molar-refractivity contribution in [2.45, 2.75) is 6.10 Å². The summed E-state index contributed by atoms with van der Waals surface area (Å²) < 4.78 is 5.31. The van der Waals surface area contributed by atoms with E-state index in [2.05, 4.69) is 16.7 Å². The lowest BCUT2D eigenvalue weighted by molar-refractivity contribution is 0.148. The van der Waals surface area contributed by atoms with Crippen LogP contribution in [0.1, 0.15) is 0 Å². The Bertz CT molecular complexity index is 186. The summed E-state index contributed by atoms with van der Waals surface area (Å²) in [4.78, 5) is 0. The van der Waals surface area contributed by atoms with Crippen LogP contribution in [0.4, 0.5) is 0 Å². The Hall–Kier alpha value is -0.960. The summed E-state index contributed by atoms with van der Waals surface area (Å²) in [6, 6.07) is 0. The molecule has 0 amide bonds. The Morgan fingerprint density at radius 3 is 3.50 bits per heavy atom. The molecule has 0 aliphatic carbocycles. The fourth-order valence-corrected chi connectivity index (χ4v) is 1.16. The summed E-state index contributed by atoms with van der Waals surface area (Å²) in [5.74, 6) is 0. The molecule has 3 nitrogen and oxygen atoms in total. The maximum Gasteiger partial charge on any atom is 0.150 e. The standard InChI is InChI=1S/C7H10N2O/c1-2-6-7(10-3-1)4-8-5-9-6/h1-3,7-9H,4-5H2. The SMILES string of the molecule is C1=COC2CNCNC2=C1. The first-order valence-electron chi connectivity index (χ1n) is 3.43. The average Bonchev–Trinajstić information content (AvgIpc) is 2.05. The molecule has 2 rings (SSSR count). The highest BCUT2D eigenvalue weighted by molar-refractivity contribution is 5.19. The lowest BCUT2D eigenvalue weighted by atomic mass is 10.2. The minimum atomic E-state index is 0.207. The Labute approximate surface area is 59.8 Å². The van der Waals surface area contributed by atoms with Crippen LogP contribution >= 0.6 is 0 Å². The van der Waals surface area contributed by atoms with Gasteiger partial charge >= 0.3 is 0 Å². The number of rotatable bonds is 0. The molecule has 1 unspecified atom stereocenters. The minimum Gasteiger partial charge on any atom is -0.490 e. The normalized spacial score (nSPS) is 29.6. The third-order valence-corrected chi connectivity index (χ3v) is 1.69. The van der Waals surface area contributed by atoms with Gasteiger partial charge in [0.05, 0.1) is 18.6 Å². The summed E-state index contributed by atoms with van der Waals surface area (Å²) in [7, 11) is 0. The first-order chi connectivity index (χ1) is 4.97. The van der Waals surface area contributed by atoms with Gasteiger partial charge in [-0.2, -0.15) is 0 Å². The van der Waals surface area contributed by atoms with E-state index in [4.69, 9.17) is 4.74 Å². The van der Waals surface area contributed by atoms with Gasteiger partial charge in [-0.05, 0) is 12.2 Å². The molecule has 54 valence electrons. The van der Waals surface area contributed by atoms with Gasteiger partial charge in [0.15, 0.2) is 0 Å². The lowest BCUT2D eigenvalue weighted by Gasteiger charge is -2.28. The van der Waals surface area contributed by atoms with Crippen molar-refractivity contribution in [1.29, 1.82) is 0 Å². The zero-order chi connectivity index (χ0) is 6.81. The predicted molar refractivity (Wildman–Crippen MR) is 38.1 cm³/mol. The first-order valence-corrected chi connectivity index (χ1v) is 3.43. The number of allylic oxidation sites excluding steroid dienone is 2. The van der Waals surface area contributed by atoms with Crippen LogP contribution in [0, 0.1) is 0 Å². The van der Waals surface area contributed by atoms with E-state index in [0.717, 1.165) is 13.2 Å². The van der Waals surface area contributed by atoms with Crippen LogP contribution in [-0.4, -0.2) is 19.3 Å². The Balaban J connectivity index is 2.14. The van der Waals surface area contributed by atoms with Gasteiger partial charge in [-0.15, -0.1) is 0 Å². The molecule has 0 aromatic carbocycles. The van der Waals surface area contributed by atoms with E-state index in [9.17, 15) is 0 Å². The molecule has 3 heteroatoms. The second-order valence-corrected chi connectivity index (χ2v) is 2.38. The molecule has 10 heavy (non-hydrogen) atoms. The van der Waals surface area contributed by atoms with Crippen molar-refractivity contribution in [1.82, 2.24) is 10.6 Å². The summed E-state index contributed by atoms with van der Waals surface area (Å²) in [6.45, 7) is 1.75. The molecular weight excluding hydrogens is 128 g/mol. The van der Waals surface area contributed by atoms with Crippen molar-refractivity contribution in [3.05, 3.63) is 24.1 Å². The minimum absolute atomic E-state index is 0.207. The molecule has 0 aromatic heterocycles. The van der Waals surface area contributed by atoms with Gasteiger partial charge < -0.3 is 10.1 Å². The molecule has 2 aliphatic heterocycles. The molecule has 0 aromatic rings. The zero-order valence-corrected chi connectivity index (χ0v) is 5.63. The summed E-state index contributed by atoms with van der Waals surface area (Å²) in [5.41, 5.74) is 1.18. The highest BCUT2D eigenvalue weighted by Gasteiger charge is 2.18.